The molecule has 0 saturated heterocycles. The molecular weight excluding hydrogens is 580 g/mol. The van der Waals surface area contributed by atoms with Gasteiger partial charge in [-0.1, -0.05) is 74.2 Å². The molecule has 0 spiro atoms. The fraction of sp³-hybridized carbons (Fsp3) is 0.410. The van der Waals surface area contributed by atoms with Crippen molar-refractivity contribution in [1.29, 1.82) is 0 Å². The van der Waals surface area contributed by atoms with E-state index in [0.717, 1.165) is 59.3 Å². The van der Waals surface area contributed by atoms with Crippen LogP contribution in [0.25, 0.3) is 22.3 Å². The van der Waals surface area contributed by atoms with Gasteiger partial charge in [-0.15, -0.1) is 0 Å². The van der Waals surface area contributed by atoms with Crippen molar-refractivity contribution in [3.63, 3.8) is 0 Å². The number of carbonyl (C=O) groups excluding carboxylic acids is 1. The minimum Gasteiger partial charge on any atom is -0.493 e. The Labute approximate surface area is 274 Å². The molecule has 0 aliphatic carbocycles. The van der Waals surface area contributed by atoms with Gasteiger partial charge in [-0.2, -0.15) is 0 Å². The lowest BCUT2D eigenvalue weighted by Crippen LogP contribution is -2.35. The lowest BCUT2D eigenvalue weighted by Gasteiger charge is -2.27. The summed E-state index contributed by atoms with van der Waals surface area (Å²) in [4.78, 5) is 12.0. The van der Waals surface area contributed by atoms with Crippen LogP contribution in [0.4, 0.5) is 0 Å². The van der Waals surface area contributed by atoms with Gasteiger partial charge in [0.15, 0.2) is 0 Å². The fourth-order valence-electron chi connectivity index (χ4n) is 5.06. The molecule has 0 atom stereocenters. The van der Waals surface area contributed by atoms with Gasteiger partial charge in [-0.3, -0.25) is 0 Å². The average molecular weight is 631 g/mol. The number of hydrogen-bond acceptors (Lipinski definition) is 7. The topological polar surface area (TPSA) is 105 Å². The molecule has 0 saturated carbocycles. The molecule has 0 amide bonds. The smallest absolute Gasteiger partial charge is 0.333 e. The van der Waals surface area contributed by atoms with Gasteiger partial charge in [-0.05, 0) is 90.6 Å². The minimum absolute atomic E-state index is 0.163. The largest absolute Gasteiger partial charge is 0.493 e. The number of esters is 1. The van der Waals surface area contributed by atoms with Crippen LogP contribution in [-0.4, -0.2) is 67.5 Å². The van der Waals surface area contributed by atoms with E-state index >= 15 is 0 Å². The van der Waals surface area contributed by atoms with Gasteiger partial charge in [0.2, 0.25) is 0 Å². The van der Waals surface area contributed by atoms with Crippen molar-refractivity contribution >= 4 is 5.97 Å². The van der Waals surface area contributed by atoms with Gasteiger partial charge in [0.05, 0.1) is 39.6 Å². The molecule has 0 unspecified atom stereocenters. The highest BCUT2D eigenvalue weighted by atomic mass is 16.5. The van der Waals surface area contributed by atoms with Gasteiger partial charge in [0.25, 0.3) is 0 Å². The summed E-state index contributed by atoms with van der Waals surface area (Å²) in [6.07, 6.45) is 3.49. The van der Waals surface area contributed by atoms with E-state index in [0.29, 0.717) is 24.4 Å². The Morgan fingerprint density at radius 2 is 1.43 bits per heavy atom. The van der Waals surface area contributed by atoms with Gasteiger partial charge < -0.3 is 29.5 Å². The van der Waals surface area contributed by atoms with Gasteiger partial charge in [0.1, 0.15) is 5.75 Å². The van der Waals surface area contributed by atoms with Crippen LogP contribution < -0.4 is 4.74 Å². The second kappa shape index (κ2) is 18.4. The first-order chi connectivity index (χ1) is 22.1. The quantitative estimate of drug-likeness (QED) is 0.0566. The van der Waals surface area contributed by atoms with Crippen molar-refractivity contribution in [2.75, 3.05) is 46.2 Å². The highest BCUT2D eigenvalue weighted by molar-refractivity contribution is 5.86. The van der Waals surface area contributed by atoms with Crippen LogP contribution in [0.3, 0.4) is 0 Å². The third kappa shape index (κ3) is 10.7. The van der Waals surface area contributed by atoms with Crippen LogP contribution in [0.2, 0.25) is 0 Å². The number of benzene rings is 3. The molecule has 248 valence electrons. The Morgan fingerprint density at radius 1 is 0.783 bits per heavy atom. The number of hydrogen-bond donors (Lipinski definition) is 3. The molecule has 0 aliphatic heterocycles. The molecule has 3 rings (SSSR count). The van der Waals surface area contributed by atoms with Crippen molar-refractivity contribution in [1.82, 2.24) is 0 Å². The maximum Gasteiger partial charge on any atom is 0.333 e. The first-order valence-corrected chi connectivity index (χ1v) is 16.0. The summed E-state index contributed by atoms with van der Waals surface area (Å²) in [6, 6.07) is 21.2. The SMILES string of the molecule is C=C(C)COCCCc1ccc(-c2ccc(-c3ccc(OCCC(CO)(CO)CO)c(CCOC(=O)C(=C)C)c3)c(CC)c2)cc1. The van der Waals surface area contributed by atoms with E-state index in [4.69, 9.17) is 14.2 Å². The third-order valence-electron chi connectivity index (χ3n) is 8.10. The van der Waals surface area contributed by atoms with Crippen molar-refractivity contribution in [3.8, 4) is 28.0 Å². The molecule has 7 heteroatoms. The Bertz CT molecular complexity index is 1430. The average Bonchev–Trinajstić information content (AvgIpc) is 3.07. The van der Waals surface area contributed by atoms with E-state index in [1.807, 2.05) is 19.1 Å². The van der Waals surface area contributed by atoms with E-state index in [-0.39, 0.29) is 39.5 Å². The molecular formula is C39H50O7. The number of carbonyl (C=O) groups is 1. The predicted octanol–water partition coefficient (Wildman–Crippen LogP) is 6.50. The monoisotopic (exact) mass is 630 g/mol. The lowest BCUT2D eigenvalue weighted by molar-refractivity contribution is -0.138. The second-order valence-electron chi connectivity index (χ2n) is 12.1. The summed E-state index contributed by atoms with van der Waals surface area (Å²) in [5.41, 5.74) is 8.18. The molecule has 46 heavy (non-hydrogen) atoms. The van der Waals surface area contributed by atoms with E-state index in [2.05, 4.69) is 68.6 Å². The number of aryl methyl sites for hydroxylation is 2. The van der Waals surface area contributed by atoms with Crippen molar-refractivity contribution < 1.29 is 34.3 Å². The van der Waals surface area contributed by atoms with Crippen LogP contribution in [0.1, 0.15) is 50.3 Å². The summed E-state index contributed by atoms with van der Waals surface area (Å²) >= 11 is 0. The Hall–Kier alpha value is -3.75. The lowest BCUT2D eigenvalue weighted by atomic mass is 9.88. The van der Waals surface area contributed by atoms with Crippen LogP contribution in [-0.2, 0) is 33.5 Å². The number of ether oxygens (including phenoxy) is 3. The second-order valence-corrected chi connectivity index (χ2v) is 12.1. The predicted molar refractivity (Wildman–Crippen MR) is 184 cm³/mol. The molecule has 0 radical (unpaired) electrons. The van der Waals surface area contributed by atoms with Gasteiger partial charge in [0, 0.05) is 24.0 Å². The van der Waals surface area contributed by atoms with Crippen LogP contribution in [0, 0.1) is 5.41 Å². The van der Waals surface area contributed by atoms with E-state index in [1.54, 1.807) is 6.92 Å². The Morgan fingerprint density at radius 3 is 2.07 bits per heavy atom. The fourth-order valence-corrected chi connectivity index (χ4v) is 5.06. The summed E-state index contributed by atoms with van der Waals surface area (Å²) < 4.78 is 17.1. The minimum atomic E-state index is -1.02. The summed E-state index contributed by atoms with van der Waals surface area (Å²) in [7, 11) is 0. The highest BCUT2D eigenvalue weighted by Gasteiger charge is 2.28. The van der Waals surface area contributed by atoms with Crippen molar-refractivity contribution in [2.24, 2.45) is 5.41 Å². The maximum absolute atomic E-state index is 12.0. The zero-order valence-corrected chi connectivity index (χ0v) is 27.6. The highest BCUT2D eigenvalue weighted by Crippen LogP contribution is 2.33. The molecule has 0 heterocycles. The zero-order chi connectivity index (χ0) is 33.5. The van der Waals surface area contributed by atoms with Gasteiger partial charge >= 0.3 is 5.97 Å². The van der Waals surface area contributed by atoms with Crippen molar-refractivity contribution in [3.05, 3.63) is 102 Å². The van der Waals surface area contributed by atoms with Crippen molar-refractivity contribution in [2.45, 2.75) is 52.9 Å². The number of aliphatic hydroxyl groups excluding tert-OH is 3. The maximum atomic E-state index is 12.0. The molecule has 3 aromatic rings. The van der Waals surface area contributed by atoms with Gasteiger partial charge in [-0.25, -0.2) is 4.79 Å². The Balaban J connectivity index is 1.80. The molecule has 0 aliphatic rings. The first-order valence-electron chi connectivity index (χ1n) is 16.0. The normalized spacial score (nSPS) is 11.3. The van der Waals surface area contributed by atoms with E-state index in [9.17, 15) is 20.1 Å². The molecule has 0 bridgehead atoms. The molecule has 7 nitrogen and oxygen atoms in total. The number of aliphatic hydroxyl groups is 3. The standard InChI is InChI=1S/C39H50O7/c1-6-31-22-33(32-11-9-30(10-12-32)8-7-19-44-24-28(2)3)13-15-36(31)34-14-16-37(45-21-18-39(25-40,26-41)27-42)35(23-34)17-20-46-38(43)29(4)5/h9-16,22-23,40-42H,2,4,6-8,17-21,24-27H2,1,3,5H3. The summed E-state index contributed by atoms with van der Waals surface area (Å²) in [5.74, 6) is 0.178. The molecule has 0 fully saturated rings. The molecule has 3 aromatic carbocycles. The first kappa shape index (κ1) is 36.7. The Kier molecular flexibility index (Phi) is 14.7. The summed E-state index contributed by atoms with van der Waals surface area (Å²) in [6.45, 7) is 13.9. The van der Waals surface area contributed by atoms with E-state index in [1.165, 1.54) is 11.1 Å². The molecule has 0 aromatic heterocycles. The van der Waals surface area contributed by atoms with E-state index < -0.39 is 11.4 Å². The zero-order valence-electron chi connectivity index (χ0n) is 27.6. The van der Waals surface area contributed by atoms with Crippen LogP contribution in [0.5, 0.6) is 5.75 Å². The summed E-state index contributed by atoms with van der Waals surface area (Å²) in [5, 5.41) is 29.0. The number of rotatable bonds is 20. The van der Waals surface area contributed by atoms with Crippen LogP contribution >= 0.6 is 0 Å². The third-order valence-corrected chi connectivity index (χ3v) is 8.10. The molecule has 3 N–H and O–H groups in total. The van der Waals surface area contributed by atoms with Crippen LogP contribution in [0.15, 0.2) is 85.0 Å².